The number of ether oxygens (including phenoxy) is 1. The normalized spacial score (nSPS) is 15.9. The predicted molar refractivity (Wildman–Crippen MR) is 90.7 cm³/mol. The number of carbonyl (C=O) groups is 2. The van der Waals surface area contributed by atoms with E-state index in [1.54, 1.807) is 4.90 Å². The Morgan fingerprint density at radius 2 is 2.00 bits per heavy atom. The molecule has 0 bridgehead atoms. The first-order valence-corrected chi connectivity index (χ1v) is 8.17. The van der Waals surface area contributed by atoms with Crippen molar-refractivity contribution < 1.29 is 19.4 Å². The molecule has 24 heavy (non-hydrogen) atoms. The van der Waals surface area contributed by atoms with E-state index in [1.165, 1.54) is 12.3 Å². The molecule has 1 aromatic rings. The first kappa shape index (κ1) is 18.3. The van der Waals surface area contributed by atoms with Gasteiger partial charge >= 0.3 is 12.1 Å². The van der Waals surface area contributed by atoms with Crippen molar-refractivity contribution in [1.29, 1.82) is 0 Å². The molecule has 0 spiro atoms. The van der Waals surface area contributed by atoms with Crippen molar-refractivity contribution in [3.63, 3.8) is 0 Å². The third kappa shape index (κ3) is 4.99. The minimum atomic E-state index is -1.06. The van der Waals surface area contributed by atoms with Crippen LogP contribution in [0, 0.1) is 0 Å². The van der Waals surface area contributed by atoms with Crippen LogP contribution in [-0.4, -0.2) is 51.8 Å². The molecule has 0 aromatic carbocycles. The number of nitrogens with zero attached hydrogens (tertiary/aromatic N) is 2. The largest absolute Gasteiger partial charge is 0.478 e. The van der Waals surface area contributed by atoms with Gasteiger partial charge in [-0.15, -0.1) is 0 Å². The van der Waals surface area contributed by atoms with E-state index in [1.807, 2.05) is 20.8 Å². The Hall–Kier alpha value is -2.02. The number of nitrogens with one attached hydrogen (secondary N) is 1. The lowest BCUT2D eigenvalue weighted by Crippen LogP contribution is -2.44. The van der Waals surface area contributed by atoms with Crippen molar-refractivity contribution in [3.8, 4) is 0 Å². The van der Waals surface area contributed by atoms with E-state index >= 15 is 0 Å². The molecule has 0 unspecified atom stereocenters. The van der Waals surface area contributed by atoms with Crippen LogP contribution in [0.2, 0.25) is 5.15 Å². The molecular formula is C16H22ClN3O4. The maximum absolute atomic E-state index is 12.0. The molecule has 1 aliphatic heterocycles. The fraction of sp³-hybridized carbons (Fsp3) is 0.562. The molecule has 1 fully saturated rings. The first-order valence-electron chi connectivity index (χ1n) is 7.79. The summed E-state index contributed by atoms with van der Waals surface area (Å²) in [6.07, 6.45) is 2.30. The fourth-order valence-electron chi connectivity index (χ4n) is 2.47. The summed E-state index contributed by atoms with van der Waals surface area (Å²) in [6, 6.07) is 1.56. The number of rotatable bonds is 3. The van der Waals surface area contributed by atoms with Crippen LogP contribution < -0.4 is 5.32 Å². The van der Waals surface area contributed by atoms with E-state index in [-0.39, 0.29) is 22.9 Å². The lowest BCUT2D eigenvalue weighted by molar-refractivity contribution is 0.0210. The molecule has 1 aromatic heterocycles. The lowest BCUT2D eigenvalue weighted by atomic mass is 10.0. The van der Waals surface area contributed by atoms with E-state index in [2.05, 4.69) is 10.3 Å². The third-order valence-corrected chi connectivity index (χ3v) is 3.81. The van der Waals surface area contributed by atoms with Crippen molar-refractivity contribution in [2.24, 2.45) is 0 Å². The molecule has 8 heteroatoms. The van der Waals surface area contributed by atoms with Gasteiger partial charge in [0.2, 0.25) is 0 Å². The molecule has 132 valence electrons. The zero-order chi connectivity index (χ0) is 17.9. The number of hydrogen-bond acceptors (Lipinski definition) is 5. The minimum Gasteiger partial charge on any atom is -0.478 e. The van der Waals surface area contributed by atoms with E-state index in [4.69, 9.17) is 16.3 Å². The molecule has 0 radical (unpaired) electrons. The van der Waals surface area contributed by atoms with Crippen LogP contribution >= 0.6 is 11.6 Å². The highest BCUT2D eigenvalue weighted by atomic mass is 35.5. The summed E-state index contributed by atoms with van der Waals surface area (Å²) in [6.45, 7) is 6.60. The molecule has 2 N–H and O–H groups in total. The Morgan fingerprint density at radius 1 is 1.38 bits per heavy atom. The molecule has 0 saturated carbocycles. The highest BCUT2D eigenvalue weighted by Crippen LogP contribution is 2.23. The lowest BCUT2D eigenvalue weighted by Gasteiger charge is -2.34. The number of likely N-dealkylation sites (tertiary alicyclic amines) is 1. The maximum atomic E-state index is 12.0. The summed E-state index contributed by atoms with van der Waals surface area (Å²) in [7, 11) is 0. The summed E-state index contributed by atoms with van der Waals surface area (Å²) in [5.41, 5.74) is 0.00304. The summed E-state index contributed by atoms with van der Waals surface area (Å²) in [5, 5.41) is 12.6. The van der Waals surface area contributed by atoms with Gasteiger partial charge in [-0.3, -0.25) is 0 Å². The Morgan fingerprint density at radius 3 is 2.54 bits per heavy atom. The average Bonchev–Trinajstić information content (AvgIpc) is 2.46. The Kier molecular flexibility index (Phi) is 5.54. The van der Waals surface area contributed by atoms with Crippen LogP contribution in [0.3, 0.4) is 0 Å². The SMILES string of the molecule is CC(C)(C)OC(=O)N1CCC(Nc2cc(Cl)ncc2C(=O)O)CC1. The monoisotopic (exact) mass is 355 g/mol. The molecule has 0 atom stereocenters. The standard InChI is InChI=1S/C16H22ClN3O4/c1-16(2,3)24-15(23)20-6-4-10(5-7-20)19-12-8-13(17)18-9-11(12)14(21)22/h8-10H,4-7H2,1-3H3,(H,18,19)(H,21,22). The molecular weight excluding hydrogens is 334 g/mol. The van der Waals surface area contributed by atoms with Gasteiger partial charge in [-0.2, -0.15) is 0 Å². The molecule has 2 heterocycles. The van der Waals surface area contributed by atoms with Gasteiger partial charge in [0.05, 0.1) is 5.69 Å². The number of halogens is 1. The van der Waals surface area contributed by atoms with Gasteiger partial charge in [0.25, 0.3) is 0 Å². The first-order chi connectivity index (χ1) is 11.2. The molecule has 2 rings (SSSR count). The number of carboxylic acid groups (broad SMARTS) is 1. The topological polar surface area (TPSA) is 91.8 Å². The van der Waals surface area contributed by atoms with Gasteiger partial charge in [-0.25, -0.2) is 14.6 Å². The second-order valence-corrected chi connectivity index (χ2v) is 7.13. The van der Waals surface area contributed by atoms with Crippen molar-refractivity contribution in [1.82, 2.24) is 9.88 Å². The van der Waals surface area contributed by atoms with Crippen LogP contribution in [0.1, 0.15) is 44.0 Å². The Balaban J connectivity index is 1.95. The molecule has 1 saturated heterocycles. The quantitative estimate of drug-likeness (QED) is 0.809. The number of piperidine rings is 1. The molecule has 0 aliphatic carbocycles. The number of aromatic carboxylic acids is 1. The summed E-state index contributed by atoms with van der Waals surface area (Å²) >= 11 is 5.85. The van der Waals surface area contributed by atoms with E-state index in [0.717, 1.165) is 0 Å². The van der Waals surface area contributed by atoms with Gasteiger partial charge in [0, 0.05) is 25.3 Å². The minimum absolute atomic E-state index is 0.0558. The van der Waals surface area contributed by atoms with Gasteiger partial charge in [0.1, 0.15) is 16.3 Å². The Labute approximate surface area is 146 Å². The van der Waals surface area contributed by atoms with Gasteiger partial charge in [-0.1, -0.05) is 11.6 Å². The number of carbonyl (C=O) groups excluding carboxylic acids is 1. The number of amides is 1. The van der Waals surface area contributed by atoms with Crippen LogP contribution in [-0.2, 0) is 4.74 Å². The van der Waals surface area contributed by atoms with Gasteiger partial charge < -0.3 is 20.1 Å². The third-order valence-electron chi connectivity index (χ3n) is 3.61. The zero-order valence-corrected chi connectivity index (χ0v) is 14.8. The fourth-order valence-corrected chi connectivity index (χ4v) is 2.63. The molecule has 1 amide bonds. The van der Waals surface area contributed by atoms with Crippen molar-refractivity contribution in [2.75, 3.05) is 18.4 Å². The van der Waals surface area contributed by atoms with E-state index in [0.29, 0.717) is 31.6 Å². The smallest absolute Gasteiger partial charge is 0.410 e. The predicted octanol–water partition coefficient (Wildman–Crippen LogP) is 3.24. The maximum Gasteiger partial charge on any atom is 0.410 e. The number of anilines is 1. The van der Waals surface area contributed by atoms with Crippen molar-refractivity contribution in [3.05, 3.63) is 23.0 Å². The Bertz CT molecular complexity index is 622. The number of hydrogen-bond donors (Lipinski definition) is 2. The van der Waals surface area contributed by atoms with E-state index in [9.17, 15) is 14.7 Å². The number of aromatic nitrogens is 1. The molecule has 7 nitrogen and oxygen atoms in total. The van der Waals surface area contributed by atoms with Crippen LogP contribution in [0.15, 0.2) is 12.3 Å². The number of pyridine rings is 1. The van der Waals surface area contributed by atoms with Gasteiger partial charge in [-0.05, 0) is 39.7 Å². The highest BCUT2D eigenvalue weighted by molar-refractivity contribution is 6.29. The van der Waals surface area contributed by atoms with Crippen LogP contribution in [0.4, 0.5) is 10.5 Å². The molecule has 1 aliphatic rings. The zero-order valence-electron chi connectivity index (χ0n) is 14.0. The summed E-state index contributed by atoms with van der Waals surface area (Å²) < 4.78 is 5.36. The summed E-state index contributed by atoms with van der Waals surface area (Å²) in [4.78, 5) is 28.8. The van der Waals surface area contributed by atoms with Crippen molar-refractivity contribution >= 4 is 29.4 Å². The second kappa shape index (κ2) is 7.25. The average molecular weight is 356 g/mol. The van der Waals surface area contributed by atoms with Gasteiger partial charge in [0.15, 0.2) is 0 Å². The van der Waals surface area contributed by atoms with Crippen LogP contribution in [0.25, 0.3) is 0 Å². The van der Waals surface area contributed by atoms with Crippen LogP contribution in [0.5, 0.6) is 0 Å². The highest BCUT2D eigenvalue weighted by Gasteiger charge is 2.27. The summed E-state index contributed by atoms with van der Waals surface area (Å²) in [5.74, 6) is -1.06. The van der Waals surface area contributed by atoms with Crippen molar-refractivity contribution in [2.45, 2.75) is 45.3 Å². The van der Waals surface area contributed by atoms with E-state index < -0.39 is 11.6 Å². The number of carboxylic acids is 1. The second-order valence-electron chi connectivity index (χ2n) is 6.74.